The number of esters is 1. The van der Waals surface area contributed by atoms with Gasteiger partial charge in [-0.25, -0.2) is 8.42 Å². The summed E-state index contributed by atoms with van der Waals surface area (Å²) in [6.45, 7) is 7.98. The lowest BCUT2D eigenvalue weighted by Crippen LogP contribution is -2.45. The summed E-state index contributed by atoms with van der Waals surface area (Å²) in [5.74, 6) is -1.02. The van der Waals surface area contributed by atoms with Crippen LogP contribution in [-0.2, 0) is 37.2 Å². The van der Waals surface area contributed by atoms with Gasteiger partial charge in [0.05, 0.1) is 10.8 Å². The Labute approximate surface area is 185 Å². The van der Waals surface area contributed by atoms with Crippen LogP contribution in [0.4, 0.5) is 0 Å². The van der Waals surface area contributed by atoms with Gasteiger partial charge in [0.25, 0.3) is 5.91 Å². The summed E-state index contributed by atoms with van der Waals surface area (Å²) in [5, 5.41) is 0. The first-order valence-corrected chi connectivity index (χ1v) is 12.6. The Bertz CT molecular complexity index is 910. The molecule has 0 atom stereocenters. The van der Waals surface area contributed by atoms with Crippen LogP contribution in [0.2, 0.25) is 0 Å². The van der Waals surface area contributed by atoms with E-state index in [4.69, 9.17) is 4.74 Å². The zero-order valence-electron chi connectivity index (χ0n) is 19.0. The van der Waals surface area contributed by atoms with Crippen LogP contribution >= 0.6 is 0 Å². The Morgan fingerprint density at radius 1 is 1.06 bits per heavy atom. The molecule has 31 heavy (non-hydrogen) atoms. The average Bonchev–Trinajstić information content (AvgIpc) is 3.19. The highest BCUT2D eigenvalue weighted by Crippen LogP contribution is 2.29. The van der Waals surface area contributed by atoms with Gasteiger partial charge in [-0.2, -0.15) is 4.31 Å². The van der Waals surface area contributed by atoms with E-state index in [9.17, 15) is 18.0 Å². The van der Waals surface area contributed by atoms with Gasteiger partial charge in [0, 0.05) is 25.2 Å². The van der Waals surface area contributed by atoms with E-state index in [-0.39, 0.29) is 43.6 Å². The predicted molar refractivity (Wildman–Crippen MR) is 118 cm³/mol. The van der Waals surface area contributed by atoms with Crippen LogP contribution < -0.4 is 0 Å². The fourth-order valence-corrected chi connectivity index (χ4v) is 6.21. The Hall–Kier alpha value is -1.93. The third-order valence-corrected chi connectivity index (χ3v) is 8.13. The topological polar surface area (TPSA) is 84.0 Å². The van der Waals surface area contributed by atoms with Gasteiger partial charge < -0.3 is 9.64 Å². The van der Waals surface area contributed by atoms with Crippen LogP contribution in [0.1, 0.15) is 58.1 Å². The molecule has 2 aliphatic rings. The molecule has 1 amide bonds. The second kappa shape index (κ2) is 9.69. The Kier molecular flexibility index (Phi) is 7.42. The third kappa shape index (κ3) is 5.29. The van der Waals surface area contributed by atoms with Crippen molar-refractivity contribution in [3.8, 4) is 0 Å². The molecule has 1 aliphatic carbocycles. The molecule has 3 rings (SSSR count). The maximum atomic E-state index is 13.0. The van der Waals surface area contributed by atoms with Gasteiger partial charge in [0.15, 0.2) is 6.61 Å². The molecule has 0 spiro atoms. The van der Waals surface area contributed by atoms with E-state index in [1.807, 2.05) is 33.8 Å². The van der Waals surface area contributed by atoms with Crippen LogP contribution in [0.3, 0.4) is 0 Å². The molecule has 1 saturated heterocycles. The zero-order chi connectivity index (χ0) is 22.8. The van der Waals surface area contributed by atoms with E-state index in [1.165, 1.54) is 9.87 Å². The van der Waals surface area contributed by atoms with Crippen molar-refractivity contribution in [1.29, 1.82) is 0 Å². The predicted octanol–water partition coefficient (Wildman–Crippen LogP) is 2.76. The molecule has 0 radical (unpaired) electrons. The number of rotatable bonds is 7. The molecule has 0 bridgehead atoms. The number of sulfonamides is 1. The van der Waals surface area contributed by atoms with Crippen LogP contribution in [0.15, 0.2) is 23.1 Å². The first-order valence-electron chi connectivity index (χ1n) is 11.2. The number of carbonyl (C=O) groups excluding carboxylic acids is 2. The van der Waals surface area contributed by atoms with Crippen LogP contribution in [0.25, 0.3) is 0 Å². The average molecular weight is 451 g/mol. The number of nitrogens with zero attached hydrogens (tertiary/aromatic N) is 2. The number of piperidine rings is 1. The van der Waals surface area contributed by atoms with Gasteiger partial charge in [-0.1, -0.05) is 6.07 Å². The standard InChI is InChI=1S/C23H34N2O5S/c1-16(2)25(17(3)4)22(26)15-30-23(27)19-10-12-24(13-11-19)31(28,29)21-9-8-18-6-5-7-20(18)14-21/h8-9,14,16-17,19H,5-7,10-13,15H2,1-4H3. The van der Waals surface area contributed by atoms with Crippen molar-refractivity contribution >= 4 is 21.9 Å². The Balaban J connectivity index is 1.54. The van der Waals surface area contributed by atoms with E-state index in [0.717, 1.165) is 24.8 Å². The van der Waals surface area contributed by atoms with Crippen molar-refractivity contribution in [2.45, 2.75) is 76.8 Å². The minimum absolute atomic E-state index is 0.0267. The van der Waals surface area contributed by atoms with Crippen molar-refractivity contribution in [3.05, 3.63) is 29.3 Å². The maximum Gasteiger partial charge on any atom is 0.309 e. The van der Waals surface area contributed by atoms with Crippen LogP contribution in [0, 0.1) is 5.92 Å². The lowest BCUT2D eigenvalue weighted by Gasteiger charge is -2.32. The molecule has 1 fully saturated rings. The summed E-state index contributed by atoms with van der Waals surface area (Å²) in [4.78, 5) is 26.9. The first kappa shape index (κ1) is 23.7. The molecular formula is C23H34N2O5S. The summed E-state index contributed by atoms with van der Waals surface area (Å²) >= 11 is 0. The number of hydrogen-bond donors (Lipinski definition) is 0. The maximum absolute atomic E-state index is 13.0. The van der Waals surface area contributed by atoms with Crippen LogP contribution in [-0.4, -0.2) is 61.3 Å². The molecule has 0 unspecified atom stereocenters. The second-order valence-electron chi connectivity index (χ2n) is 9.06. The smallest absolute Gasteiger partial charge is 0.309 e. The van der Waals surface area contributed by atoms with E-state index in [0.29, 0.717) is 17.7 Å². The number of fused-ring (bicyclic) bond motifs is 1. The lowest BCUT2D eigenvalue weighted by atomic mass is 9.98. The molecule has 1 heterocycles. The molecule has 8 heteroatoms. The number of amides is 1. The lowest BCUT2D eigenvalue weighted by molar-refractivity contribution is -0.157. The van der Waals surface area contributed by atoms with Gasteiger partial charge in [-0.05, 0) is 83.1 Å². The zero-order valence-corrected chi connectivity index (χ0v) is 19.8. The van der Waals surface area contributed by atoms with E-state index in [2.05, 4.69) is 0 Å². The third-order valence-electron chi connectivity index (χ3n) is 6.23. The van der Waals surface area contributed by atoms with Crippen LogP contribution in [0.5, 0.6) is 0 Å². The molecule has 1 aromatic rings. The Morgan fingerprint density at radius 2 is 1.68 bits per heavy atom. The fraction of sp³-hybridized carbons (Fsp3) is 0.652. The molecular weight excluding hydrogens is 416 g/mol. The minimum Gasteiger partial charge on any atom is -0.455 e. The second-order valence-corrected chi connectivity index (χ2v) is 11.0. The summed E-state index contributed by atoms with van der Waals surface area (Å²) in [6, 6.07) is 5.48. The number of carbonyl (C=O) groups is 2. The quantitative estimate of drug-likeness (QED) is 0.597. The molecule has 1 aliphatic heterocycles. The highest BCUT2D eigenvalue weighted by molar-refractivity contribution is 7.89. The summed E-state index contributed by atoms with van der Waals surface area (Å²) in [6.07, 6.45) is 3.81. The van der Waals surface area contributed by atoms with Crippen molar-refractivity contribution < 1.29 is 22.7 Å². The Morgan fingerprint density at radius 3 is 2.29 bits per heavy atom. The van der Waals surface area contributed by atoms with E-state index < -0.39 is 16.0 Å². The number of ether oxygens (including phenoxy) is 1. The van der Waals surface area contributed by atoms with Crippen molar-refractivity contribution in [2.24, 2.45) is 5.92 Å². The number of aryl methyl sites for hydroxylation is 2. The monoisotopic (exact) mass is 450 g/mol. The van der Waals surface area contributed by atoms with Gasteiger partial charge in [-0.15, -0.1) is 0 Å². The molecule has 172 valence electrons. The summed E-state index contributed by atoms with van der Waals surface area (Å²) in [7, 11) is -3.57. The highest BCUT2D eigenvalue weighted by atomic mass is 32.2. The van der Waals surface area contributed by atoms with Gasteiger partial charge in [-0.3, -0.25) is 9.59 Å². The van der Waals surface area contributed by atoms with Crippen molar-refractivity contribution in [2.75, 3.05) is 19.7 Å². The van der Waals surface area contributed by atoms with Crippen molar-refractivity contribution in [1.82, 2.24) is 9.21 Å². The summed E-state index contributed by atoms with van der Waals surface area (Å²) in [5.41, 5.74) is 2.37. The van der Waals surface area contributed by atoms with Crippen molar-refractivity contribution in [3.63, 3.8) is 0 Å². The number of benzene rings is 1. The minimum atomic E-state index is -3.57. The van der Waals surface area contributed by atoms with Gasteiger partial charge in [0.2, 0.25) is 10.0 Å². The molecule has 7 nitrogen and oxygen atoms in total. The highest BCUT2D eigenvalue weighted by Gasteiger charge is 2.34. The van der Waals surface area contributed by atoms with E-state index >= 15 is 0 Å². The first-order chi connectivity index (χ1) is 14.6. The SMILES string of the molecule is CC(C)N(C(=O)COC(=O)C1CCN(S(=O)(=O)c2ccc3c(c2)CCC3)CC1)C(C)C. The van der Waals surface area contributed by atoms with Gasteiger partial charge in [0.1, 0.15) is 0 Å². The largest absolute Gasteiger partial charge is 0.455 e. The fourth-order valence-electron chi connectivity index (χ4n) is 4.69. The summed E-state index contributed by atoms with van der Waals surface area (Å²) < 4.78 is 32.8. The van der Waals surface area contributed by atoms with E-state index in [1.54, 1.807) is 17.0 Å². The molecule has 1 aromatic carbocycles. The normalized spacial score (nSPS) is 17.7. The van der Waals surface area contributed by atoms with Gasteiger partial charge >= 0.3 is 5.97 Å². The molecule has 0 saturated carbocycles. The number of hydrogen-bond acceptors (Lipinski definition) is 5. The molecule has 0 aromatic heterocycles. The molecule has 0 N–H and O–H groups in total.